The number of para-hydroxylation sites is 1. The highest BCUT2D eigenvalue weighted by molar-refractivity contribution is 7.20. The van der Waals surface area contributed by atoms with E-state index >= 15 is 0 Å². The van der Waals surface area contributed by atoms with Crippen LogP contribution in [0.4, 0.5) is 11.4 Å². The lowest BCUT2D eigenvalue weighted by atomic mass is 9.31. The minimum absolute atomic E-state index is 0.0866. The zero-order chi connectivity index (χ0) is 33.2. The average Bonchev–Trinajstić information content (AvgIpc) is 3.09. The number of aromatic hydroxyl groups is 1. The topological polar surface area (TPSA) is 23.5 Å². The van der Waals surface area contributed by atoms with Crippen LogP contribution in [0.15, 0.2) is 114 Å². The first-order chi connectivity index (χ1) is 23.0. The van der Waals surface area contributed by atoms with E-state index in [2.05, 4.69) is 142 Å². The molecule has 0 fully saturated rings. The van der Waals surface area contributed by atoms with Gasteiger partial charge in [-0.05, 0) is 84.4 Å². The lowest BCUT2D eigenvalue weighted by molar-refractivity contribution is 0.476. The van der Waals surface area contributed by atoms with Gasteiger partial charge < -0.3 is 10.0 Å². The summed E-state index contributed by atoms with van der Waals surface area (Å²) >= 11 is 0. The Morgan fingerprint density at radius 1 is 0.708 bits per heavy atom. The van der Waals surface area contributed by atoms with Crippen LogP contribution in [0.1, 0.15) is 56.2 Å². The van der Waals surface area contributed by atoms with Gasteiger partial charge in [-0.1, -0.05) is 144 Å². The summed E-state index contributed by atoms with van der Waals surface area (Å²) in [4.78, 5) is 2.65. The Morgan fingerprint density at radius 3 is 2.27 bits per heavy atom. The summed E-state index contributed by atoms with van der Waals surface area (Å²) in [7, 11) is -4.12. The number of benzene rings is 5. The fourth-order valence-corrected chi connectivity index (χ4v) is 18.0. The van der Waals surface area contributed by atoms with E-state index in [0.29, 0.717) is 5.75 Å². The molecular formula is C43H44BNOSi2. The molecule has 0 aromatic heterocycles. The minimum Gasteiger partial charge on any atom is -0.508 e. The molecule has 5 heteroatoms. The van der Waals surface area contributed by atoms with Crippen LogP contribution in [0, 0.1) is 6.92 Å². The SMILES string of the molecule is Cc1cc2c3c(c1)[Si](C)(c1ccccc1)c1ccc(O)cc1B3c1ccc(N3C4=C(CCCC4)[Si](C)(C)c4ccccc43)cc1C2(C)C. The average molecular weight is 658 g/mol. The fraction of sp³-hybridized carbons (Fsp3) is 0.256. The molecule has 0 bridgehead atoms. The van der Waals surface area contributed by atoms with Gasteiger partial charge in [-0.3, -0.25) is 0 Å². The molecule has 3 heterocycles. The number of nitrogens with zero attached hydrogens (tertiary/aromatic N) is 1. The van der Waals surface area contributed by atoms with Crippen molar-refractivity contribution in [1.82, 2.24) is 0 Å². The van der Waals surface area contributed by atoms with Gasteiger partial charge in [0.25, 0.3) is 0 Å². The number of phenols is 1. The van der Waals surface area contributed by atoms with Crippen LogP contribution < -0.4 is 42.0 Å². The van der Waals surface area contributed by atoms with Crippen LogP contribution in [0.5, 0.6) is 5.75 Å². The highest BCUT2D eigenvalue weighted by atomic mass is 28.3. The van der Waals surface area contributed by atoms with Crippen LogP contribution in [0.3, 0.4) is 0 Å². The molecular weight excluding hydrogens is 613 g/mol. The van der Waals surface area contributed by atoms with Crippen molar-refractivity contribution in [3.63, 3.8) is 0 Å². The summed E-state index contributed by atoms with van der Waals surface area (Å²) in [6.45, 7) is 14.9. The molecule has 4 aliphatic rings. The Bertz CT molecular complexity index is 2200. The predicted molar refractivity (Wildman–Crippen MR) is 211 cm³/mol. The zero-order valence-electron chi connectivity index (χ0n) is 29.1. The van der Waals surface area contributed by atoms with Crippen molar-refractivity contribution >= 4 is 71.4 Å². The molecule has 0 saturated heterocycles. The van der Waals surface area contributed by atoms with Crippen molar-refractivity contribution in [1.29, 1.82) is 0 Å². The van der Waals surface area contributed by atoms with Gasteiger partial charge in [-0.15, -0.1) is 0 Å². The lowest BCUT2D eigenvalue weighted by Gasteiger charge is -2.48. The minimum atomic E-state index is -2.38. The molecule has 9 rings (SSSR count). The highest BCUT2D eigenvalue weighted by Gasteiger charge is 2.51. The molecule has 1 atom stereocenters. The molecule has 3 aliphatic heterocycles. The van der Waals surface area contributed by atoms with Gasteiger partial charge >= 0.3 is 0 Å². The van der Waals surface area contributed by atoms with Crippen LogP contribution in [0.2, 0.25) is 19.6 Å². The Hall–Kier alpha value is -4.06. The Labute approximate surface area is 288 Å². The van der Waals surface area contributed by atoms with Gasteiger partial charge in [0.1, 0.15) is 21.9 Å². The highest BCUT2D eigenvalue weighted by Crippen LogP contribution is 2.45. The Morgan fingerprint density at radius 2 is 1.46 bits per heavy atom. The number of allylic oxidation sites excluding steroid dienone is 2. The second kappa shape index (κ2) is 10.2. The van der Waals surface area contributed by atoms with Crippen molar-refractivity contribution < 1.29 is 5.11 Å². The fourth-order valence-electron chi connectivity index (χ4n) is 10.2. The van der Waals surface area contributed by atoms with E-state index < -0.39 is 16.1 Å². The summed E-state index contributed by atoms with van der Waals surface area (Å²) in [6.07, 6.45) is 4.96. The molecule has 238 valence electrons. The number of aryl methyl sites for hydroxylation is 1. The molecule has 0 saturated carbocycles. The maximum absolute atomic E-state index is 11.0. The summed E-state index contributed by atoms with van der Waals surface area (Å²) in [5.41, 5.74) is 12.4. The first kappa shape index (κ1) is 30.0. The van der Waals surface area contributed by atoms with Gasteiger partial charge in [0.2, 0.25) is 6.71 Å². The van der Waals surface area contributed by atoms with Crippen molar-refractivity contribution in [2.24, 2.45) is 0 Å². The Balaban J connectivity index is 1.31. The molecule has 2 nitrogen and oxygen atoms in total. The van der Waals surface area contributed by atoms with Crippen molar-refractivity contribution in [2.75, 3.05) is 4.90 Å². The quantitative estimate of drug-likeness (QED) is 0.246. The molecule has 1 unspecified atom stereocenters. The first-order valence-corrected chi connectivity index (χ1v) is 23.3. The molecule has 5 aromatic rings. The normalized spacial score (nSPS) is 21.1. The molecule has 1 N–H and O–H groups in total. The Kier molecular flexibility index (Phi) is 6.40. The smallest absolute Gasteiger partial charge is 0.241 e. The third-order valence-corrected chi connectivity index (χ3v) is 21.0. The second-order valence-electron chi connectivity index (χ2n) is 16.0. The van der Waals surface area contributed by atoms with Crippen molar-refractivity contribution in [3.8, 4) is 5.75 Å². The van der Waals surface area contributed by atoms with E-state index in [4.69, 9.17) is 0 Å². The number of rotatable bonds is 2. The van der Waals surface area contributed by atoms with Crippen LogP contribution in [0.25, 0.3) is 0 Å². The number of hydrogen-bond donors (Lipinski definition) is 1. The standard InChI is InChI=1S/C43H44BNOSi2/c1-28-24-33-42-41(25-28)48(6,31-14-8-7-9-15-31)38-23-21-30(46)27-35(38)44(42)34-22-20-29(26-32(34)43(33,2)3)45-36-16-10-12-18-39(36)47(4,5)40-19-13-11-17-37(40)45/h7-10,12,14-16,18,20-27,46H,11,13,17,19H2,1-6H3. The maximum Gasteiger partial charge on any atom is 0.241 e. The van der Waals surface area contributed by atoms with Crippen molar-refractivity contribution in [2.45, 2.75) is 71.5 Å². The van der Waals surface area contributed by atoms with E-state index in [1.807, 2.05) is 6.07 Å². The number of anilines is 2. The van der Waals surface area contributed by atoms with E-state index in [0.717, 1.165) is 6.42 Å². The molecule has 48 heavy (non-hydrogen) atoms. The first-order valence-electron chi connectivity index (χ1n) is 17.8. The van der Waals surface area contributed by atoms with E-state index in [-0.39, 0.29) is 12.1 Å². The lowest BCUT2D eigenvalue weighted by Crippen LogP contribution is -2.83. The number of hydrogen-bond acceptors (Lipinski definition) is 2. The van der Waals surface area contributed by atoms with Crippen molar-refractivity contribution in [3.05, 3.63) is 131 Å². The zero-order valence-corrected chi connectivity index (χ0v) is 31.1. The van der Waals surface area contributed by atoms with Gasteiger partial charge in [0, 0.05) is 22.5 Å². The molecule has 1 aliphatic carbocycles. The van der Waals surface area contributed by atoms with Gasteiger partial charge in [0.15, 0.2) is 0 Å². The predicted octanol–water partition coefficient (Wildman–Crippen LogP) is 5.70. The second-order valence-corrected chi connectivity index (χ2v) is 24.3. The van der Waals surface area contributed by atoms with E-state index in [1.165, 1.54) is 79.3 Å². The molecule has 0 radical (unpaired) electrons. The number of phenolic OH excluding ortho intramolecular Hbond substituents is 1. The molecule has 0 spiro atoms. The monoisotopic (exact) mass is 657 g/mol. The summed E-state index contributed by atoms with van der Waals surface area (Å²) in [6, 6.07) is 39.1. The largest absolute Gasteiger partial charge is 0.508 e. The van der Waals surface area contributed by atoms with E-state index in [1.54, 1.807) is 16.1 Å². The summed E-state index contributed by atoms with van der Waals surface area (Å²) < 4.78 is 0. The van der Waals surface area contributed by atoms with Gasteiger partial charge in [0.05, 0.1) is 0 Å². The number of fused-ring (bicyclic) bond motifs is 5. The molecule has 0 amide bonds. The van der Waals surface area contributed by atoms with Crippen LogP contribution in [-0.4, -0.2) is 28.0 Å². The molecule has 5 aromatic carbocycles. The third kappa shape index (κ3) is 3.92. The van der Waals surface area contributed by atoms with Gasteiger partial charge in [-0.2, -0.15) is 0 Å². The summed E-state index contributed by atoms with van der Waals surface area (Å²) in [5.74, 6) is 0.353. The van der Waals surface area contributed by atoms with Crippen LogP contribution in [-0.2, 0) is 5.41 Å². The van der Waals surface area contributed by atoms with Crippen LogP contribution >= 0.6 is 0 Å². The van der Waals surface area contributed by atoms with Gasteiger partial charge in [-0.25, -0.2) is 0 Å². The van der Waals surface area contributed by atoms with E-state index in [9.17, 15) is 5.11 Å². The maximum atomic E-state index is 11.0. The summed E-state index contributed by atoms with van der Waals surface area (Å²) in [5, 5.41) is 18.7. The third-order valence-electron chi connectivity index (χ3n) is 12.6.